The number of carboxylic acids is 1. The number of aryl methyl sites for hydroxylation is 1. The highest BCUT2D eigenvalue weighted by Gasteiger charge is 2.21. The predicted molar refractivity (Wildman–Crippen MR) is 106 cm³/mol. The van der Waals surface area contributed by atoms with E-state index in [1.54, 1.807) is 6.92 Å². The topological polar surface area (TPSA) is 84.3 Å². The van der Waals surface area contributed by atoms with Crippen LogP contribution in [0.5, 0.6) is 5.75 Å². The number of aromatic nitrogens is 2. The van der Waals surface area contributed by atoms with Gasteiger partial charge >= 0.3 is 5.97 Å². The summed E-state index contributed by atoms with van der Waals surface area (Å²) in [7, 11) is 0. The molecule has 2 heterocycles. The summed E-state index contributed by atoms with van der Waals surface area (Å²) in [6.45, 7) is 4.11. The third-order valence-corrected chi connectivity index (χ3v) is 4.68. The second-order valence-corrected chi connectivity index (χ2v) is 6.73. The van der Waals surface area contributed by atoms with Crippen LogP contribution in [0.15, 0.2) is 30.3 Å². The Bertz CT molecular complexity index is 748. The number of hydrogen-bond donors (Lipinski definition) is 2. The van der Waals surface area contributed by atoms with Gasteiger partial charge in [-0.25, -0.2) is 14.8 Å². The van der Waals surface area contributed by atoms with Gasteiger partial charge in [0, 0.05) is 6.42 Å². The normalized spacial score (nSPS) is 16.9. The number of ether oxygens (including phenoxy) is 1. The van der Waals surface area contributed by atoms with Crippen molar-refractivity contribution in [2.24, 2.45) is 5.92 Å². The van der Waals surface area contributed by atoms with E-state index in [0.717, 1.165) is 37.9 Å². The largest absolute Gasteiger partial charge is 0.484 e. The van der Waals surface area contributed by atoms with Crippen LogP contribution in [0, 0.1) is 12.8 Å². The molecule has 1 fully saturated rings. The molecule has 146 valence electrons. The Hall–Kier alpha value is -2.18. The molecule has 3 rings (SSSR count). The van der Waals surface area contributed by atoms with E-state index in [1.165, 1.54) is 0 Å². The molecule has 0 aliphatic carbocycles. The molecule has 1 aromatic carbocycles. The van der Waals surface area contributed by atoms with Crippen LogP contribution < -0.4 is 10.1 Å². The molecule has 1 unspecified atom stereocenters. The number of carbonyl (C=O) groups is 1. The fourth-order valence-electron chi connectivity index (χ4n) is 3.31. The molecule has 0 amide bonds. The Morgan fingerprint density at radius 1 is 1.22 bits per heavy atom. The third kappa shape index (κ3) is 5.91. The Morgan fingerprint density at radius 3 is 2.74 bits per heavy atom. The second kappa shape index (κ2) is 10.2. The Balaban J connectivity index is 0.00000261. The SMILES string of the molecule is Cc1nc(CC2CCCNCC2)nc(C(=O)O)c1OCc1ccccc1.Cl. The van der Waals surface area contributed by atoms with Gasteiger partial charge in [0.2, 0.25) is 0 Å². The van der Waals surface area contributed by atoms with E-state index in [1.807, 2.05) is 30.3 Å². The van der Waals surface area contributed by atoms with Gasteiger partial charge in [-0.05, 0) is 50.8 Å². The summed E-state index contributed by atoms with van der Waals surface area (Å²) in [5, 5.41) is 13.0. The molecule has 27 heavy (non-hydrogen) atoms. The zero-order valence-corrected chi connectivity index (χ0v) is 16.3. The quantitative estimate of drug-likeness (QED) is 0.784. The lowest BCUT2D eigenvalue weighted by Crippen LogP contribution is -2.16. The van der Waals surface area contributed by atoms with Gasteiger partial charge in [-0.2, -0.15) is 0 Å². The highest BCUT2D eigenvalue weighted by atomic mass is 35.5. The van der Waals surface area contributed by atoms with Crippen molar-refractivity contribution in [2.75, 3.05) is 13.1 Å². The second-order valence-electron chi connectivity index (χ2n) is 6.73. The lowest BCUT2D eigenvalue weighted by Gasteiger charge is -2.15. The molecule has 1 aliphatic rings. The molecule has 6 nitrogen and oxygen atoms in total. The van der Waals surface area contributed by atoms with E-state index in [2.05, 4.69) is 15.3 Å². The maximum Gasteiger partial charge on any atom is 0.358 e. The lowest BCUT2D eigenvalue weighted by molar-refractivity contribution is 0.0683. The van der Waals surface area contributed by atoms with Crippen LogP contribution in [0.2, 0.25) is 0 Å². The minimum absolute atomic E-state index is 0. The minimum Gasteiger partial charge on any atom is -0.484 e. The van der Waals surface area contributed by atoms with Crippen molar-refractivity contribution in [3.63, 3.8) is 0 Å². The van der Waals surface area contributed by atoms with Gasteiger partial charge in [0.25, 0.3) is 0 Å². The Kier molecular flexibility index (Phi) is 8.00. The van der Waals surface area contributed by atoms with Gasteiger partial charge in [-0.15, -0.1) is 12.4 Å². The van der Waals surface area contributed by atoms with Crippen LogP contribution in [0.4, 0.5) is 0 Å². The van der Waals surface area contributed by atoms with Crippen molar-refractivity contribution in [3.8, 4) is 5.75 Å². The minimum atomic E-state index is -1.08. The standard InChI is InChI=1S/C20H25N3O3.ClH/c1-14-19(26-13-16-6-3-2-4-7-16)18(20(24)25)23-17(22-14)12-15-8-5-10-21-11-9-15;/h2-4,6-7,15,21H,5,8-13H2,1H3,(H,24,25);1H. The monoisotopic (exact) mass is 391 g/mol. The lowest BCUT2D eigenvalue weighted by atomic mass is 9.96. The predicted octanol–water partition coefficient (Wildman–Crippen LogP) is 3.42. The van der Waals surface area contributed by atoms with Gasteiger partial charge in [-0.3, -0.25) is 0 Å². The average molecular weight is 392 g/mol. The first-order valence-electron chi connectivity index (χ1n) is 9.11. The van der Waals surface area contributed by atoms with Gasteiger partial charge in [-0.1, -0.05) is 30.3 Å². The number of benzene rings is 1. The summed E-state index contributed by atoms with van der Waals surface area (Å²) in [6.07, 6.45) is 4.02. The van der Waals surface area contributed by atoms with Crippen molar-refractivity contribution in [1.29, 1.82) is 0 Å². The molecule has 0 radical (unpaired) electrons. The first-order valence-corrected chi connectivity index (χ1v) is 9.11. The van der Waals surface area contributed by atoms with Crippen LogP contribution >= 0.6 is 12.4 Å². The van der Waals surface area contributed by atoms with Crippen molar-refractivity contribution in [3.05, 3.63) is 53.1 Å². The summed E-state index contributed by atoms with van der Waals surface area (Å²) in [6, 6.07) is 9.64. The highest BCUT2D eigenvalue weighted by Crippen LogP contribution is 2.24. The van der Waals surface area contributed by atoms with Crippen LogP contribution in [0.25, 0.3) is 0 Å². The van der Waals surface area contributed by atoms with E-state index in [0.29, 0.717) is 30.5 Å². The molecule has 1 aromatic heterocycles. The first-order chi connectivity index (χ1) is 12.6. The molecular formula is C20H26ClN3O3. The zero-order valence-electron chi connectivity index (χ0n) is 15.5. The number of nitrogens with one attached hydrogen (secondary N) is 1. The van der Waals surface area contributed by atoms with E-state index in [4.69, 9.17) is 4.74 Å². The zero-order chi connectivity index (χ0) is 18.4. The van der Waals surface area contributed by atoms with Gasteiger partial charge in [0.15, 0.2) is 11.4 Å². The number of halogens is 1. The number of hydrogen-bond acceptors (Lipinski definition) is 5. The molecule has 0 spiro atoms. The highest BCUT2D eigenvalue weighted by molar-refractivity contribution is 5.88. The van der Waals surface area contributed by atoms with E-state index in [9.17, 15) is 9.90 Å². The molecule has 1 saturated heterocycles. The Morgan fingerprint density at radius 2 is 2.00 bits per heavy atom. The summed E-state index contributed by atoms with van der Waals surface area (Å²) in [5.41, 5.74) is 1.50. The number of rotatable bonds is 6. The van der Waals surface area contributed by atoms with Crippen molar-refractivity contribution in [2.45, 2.75) is 39.2 Å². The smallest absolute Gasteiger partial charge is 0.358 e. The first kappa shape index (κ1) is 21.1. The number of aromatic carboxylic acids is 1. The Labute approximate surface area is 165 Å². The summed E-state index contributed by atoms with van der Waals surface area (Å²) >= 11 is 0. The fourth-order valence-corrected chi connectivity index (χ4v) is 3.31. The number of nitrogens with zero attached hydrogens (tertiary/aromatic N) is 2. The van der Waals surface area contributed by atoms with E-state index in [-0.39, 0.29) is 23.9 Å². The molecular weight excluding hydrogens is 366 g/mol. The number of carboxylic acid groups (broad SMARTS) is 1. The van der Waals surface area contributed by atoms with E-state index >= 15 is 0 Å². The molecule has 1 atom stereocenters. The van der Waals surface area contributed by atoms with Gasteiger partial charge in [0.05, 0.1) is 5.69 Å². The van der Waals surface area contributed by atoms with E-state index < -0.39 is 5.97 Å². The molecule has 7 heteroatoms. The van der Waals surface area contributed by atoms with Gasteiger partial charge in [0.1, 0.15) is 12.4 Å². The van der Waals surface area contributed by atoms with Crippen LogP contribution in [-0.2, 0) is 13.0 Å². The van der Waals surface area contributed by atoms with Crippen molar-refractivity contribution < 1.29 is 14.6 Å². The summed E-state index contributed by atoms with van der Waals surface area (Å²) in [4.78, 5) is 20.6. The summed E-state index contributed by atoms with van der Waals surface area (Å²) in [5.74, 6) is 0.260. The molecule has 2 aromatic rings. The van der Waals surface area contributed by atoms with Crippen LogP contribution in [-0.4, -0.2) is 34.1 Å². The molecule has 0 bridgehead atoms. The maximum absolute atomic E-state index is 11.7. The maximum atomic E-state index is 11.7. The molecule has 0 saturated carbocycles. The average Bonchev–Trinajstić information content (AvgIpc) is 2.90. The van der Waals surface area contributed by atoms with Crippen molar-refractivity contribution >= 4 is 18.4 Å². The van der Waals surface area contributed by atoms with Crippen LogP contribution in [0.3, 0.4) is 0 Å². The fraction of sp³-hybridized carbons (Fsp3) is 0.450. The molecule has 2 N–H and O–H groups in total. The molecule has 1 aliphatic heterocycles. The van der Waals surface area contributed by atoms with Gasteiger partial charge < -0.3 is 15.2 Å². The third-order valence-electron chi connectivity index (χ3n) is 4.68. The van der Waals surface area contributed by atoms with Crippen LogP contribution in [0.1, 0.15) is 46.8 Å². The van der Waals surface area contributed by atoms with Crippen molar-refractivity contribution in [1.82, 2.24) is 15.3 Å². The summed E-state index contributed by atoms with van der Waals surface area (Å²) < 4.78 is 5.76.